The first-order valence-corrected chi connectivity index (χ1v) is 5.13. The molecule has 0 atom stereocenters. The number of benzene rings is 1. The molecule has 0 fully saturated rings. The summed E-state index contributed by atoms with van der Waals surface area (Å²) in [7, 11) is 1.49. The summed E-state index contributed by atoms with van der Waals surface area (Å²) in [4.78, 5) is 13.2. The molecule has 0 radical (unpaired) electrons. The second-order valence-electron chi connectivity index (χ2n) is 3.28. The van der Waals surface area contributed by atoms with Crippen LogP contribution < -0.4 is 5.73 Å². The quantitative estimate of drug-likeness (QED) is 0.374. The summed E-state index contributed by atoms with van der Waals surface area (Å²) in [6.07, 6.45) is 2.59. The van der Waals surface area contributed by atoms with E-state index < -0.39 is 16.4 Å². The topological polar surface area (TPSA) is 81.5 Å². The van der Waals surface area contributed by atoms with Gasteiger partial charge >= 0.3 is 5.69 Å². The highest BCUT2D eigenvalue weighted by molar-refractivity contribution is 5.87. The van der Waals surface area contributed by atoms with Crippen molar-refractivity contribution in [2.45, 2.75) is 20.3 Å². The van der Waals surface area contributed by atoms with Crippen molar-refractivity contribution in [1.29, 1.82) is 0 Å². The molecule has 94 valence electrons. The normalized spacial score (nSPS) is 9.88. The summed E-state index contributed by atoms with van der Waals surface area (Å²) in [5, 5.41) is 10.4. The highest BCUT2D eigenvalue weighted by Crippen LogP contribution is 2.22. The number of rotatable bonds is 2. The van der Waals surface area contributed by atoms with Crippen LogP contribution in [0.25, 0.3) is 0 Å². The monoisotopic (exact) mass is 241 g/mol. The van der Waals surface area contributed by atoms with Gasteiger partial charge in [-0.2, -0.15) is 4.39 Å². The number of nitro benzene ring substituents is 1. The first kappa shape index (κ1) is 15.0. The molecule has 0 aliphatic heterocycles. The van der Waals surface area contributed by atoms with Crippen molar-refractivity contribution in [2.24, 2.45) is 4.99 Å². The Morgan fingerprint density at radius 1 is 1.53 bits per heavy atom. The smallest absolute Gasteiger partial charge is 0.305 e. The number of halogens is 1. The molecule has 5 nitrogen and oxygen atoms in total. The van der Waals surface area contributed by atoms with Gasteiger partial charge in [-0.1, -0.05) is 20.3 Å². The summed E-state index contributed by atoms with van der Waals surface area (Å²) in [6.45, 7) is 4.25. The maximum atomic E-state index is 13.0. The summed E-state index contributed by atoms with van der Waals surface area (Å²) >= 11 is 0. The molecule has 0 aromatic heterocycles. The van der Waals surface area contributed by atoms with E-state index in [9.17, 15) is 14.5 Å². The van der Waals surface area contributed by atoms with E-state index >= 15 is 0 Å². The molecule has 0 unspecified atom stereocenters. The lowest BCUT2D eigenvalue weighted by Gasteiger charge is -2.00. The van der Waals surface area contributed by atoms with Crippen molar-refractivity contribution in [3.05, 3.63) is 33.6 Å². The van der Waals surface area contributed by atoms with E-state index in [2.05, 4.69) is 18.8 Å². The van der Waals surface area contributed by atoms with E-state index in [1.807, 2.05) is 0 Å². The fourth-order valence-electron chi connectivity index (χ4n) is 0.984. The average molecular weight is 241 g/mol. The molecule has 0 spiro atoms. The Hall–Kier alpha value is -1.98. The van der Waals surface area contributed by atoms with Crippen LogP contribution in [-0.2, 0) is 0 Å². The number of aliphatic imine (C=N–C) groups is 1. The molecule has 0 saturated carbocycles. The second kappa shape index (κ2) is 7.32. The van der Waals surface area contributed by atoms with Crippen LogP contribution in [0.1, 0.15) is 25.8 Å². The van der Waals surface area contributed by atoms with Crippen molar-refractivity contribution in [3.63, 3.8) is 0 Å². The Kier molecular flexibility index (Phi) is 6.47. The van der Waals surface area contributed by atoms with E-state index in [-0.39, 0.29) is 5.69 Å². The van der Waals surface area contributed by atoms with E-state index in [0.717, 1.165) is 12.1 Å². The first-order chi connectivity index (χ1) is 7.97. The van der Waals surface area contributed by atoms with Crippen molar-refractivity contribution in [1.82, 2.24) is 0 Å². The largest absolute Gasteiger partial charge is 0.398 e. The summed E-state index contributed by atoms with van der Waals surface area (Å²) in [5.74, 6) is -0.944. The summed E-state index contributed by atoms with van der Waals surface area (Å²) < 4.78 is 13.0. The van der Waals surface area contributed by atoms with Gasteiger partial charge in [-0.15, -0.1) is 0 Å². The second-order valence-corrected chi connectivity index (χ2v) is 3.28. The van der Waals surface area contributed by atoms with Crippen LogP contribution in [0.3, 0.4) is 0 Å². The zero-order chi connectivity index (χ0) is 13.4. The van der Waals surface area contributed by atoms with Crippen LogP contribution in [0.4, 0.5) is 15.8 Å². The lowest BCUT2D eigenvalue weighted by Crippen LogP contribution is -1.99. The summed E-state index contributed by atoms with van der Waals surface area (Å²) in [6, 6.07) is 1.97. The molecule has 0 aliphatic carbocycles. The van der Waals surface area contributed by atoms with Crippen molar-refractivity contribution >= 4 is 17.6 Å². The van der Waals surface area contributed by atoms with E-state index in [1.165, 1.54) is 19.7 Å². The molecular formula is C11H16FN3O2. The third-order valence-electron chi connectivity index (χ3n) is 1.62. The van der Waals surface area contributed by atoms with Crippen molar-refractivity contribution < 1.29 is 9.31 Å². The standard InChI is InChI=1S/C8H8FN3O2.C3H8/c1-11-4-5-2-8(12(13)14)6(9)3-7(5)10;1-3-2/h2-4H,10H2,1H3;3H2,1-2H3. The minimum absolute atomic E-state index is 0.124. The van der Waals surface area contributed by atoms with Crippen LogP contribution in [0.15, 0.2) is 17.1 Å². The number of nitro groups is 1. The molecule has 1 rings (SSSR count). The summed E-state index contributed by atoms with van der Waals surface area (Å²) in [5.41, 5.74) is 5.28. The predicted octanol–water partition coefficient (Wildman–Crippen LogP) is 2.78. The number of hydrogen-bond acceptors (Lipinski definition) is 4. The molecule has 1 aromatic carbocycles. The van der Waals surface area contributed by atoms with Gasteiger partial charge in [-0.3, -0.25) is 15.1 Å². The lowest BCUT2D eigenvalue weighted by molar-refractivity contribution is -0.387. The minimum atomic E-state index is -0.944. The third kappa shape index (κ3) is 4.58. The third-order valence-corrected chi connectivity index (χ3v) is 1.62. The van der Waals surface area contributed by atoms with Gasteiger partial charge in [0.2, 0.25) is 5.82 Å². The zero-order valence-electron chi connectivity index (χ0n) is 10.1. The lowest BCUT2D eigenvalue weighted by atomic mass is 10.1. The van der Waals surface area contributed by atoms with E-state index in [4.69, 9.17) is 5.73 Å². The zero-order valence-corrected chi connectivity index (χ0v) is 10.1. The minimum Gasteiger partial charge on any atom is -0.398 e. The SMILES string of the molecule is CCC.CN=Cc1cc([N+](=O)[O-])c(F)cc1N. The van der Waals surface area contributed by atoms with Crippen LogP contribution in [-0.4, -0.2) is 18.2 Å². The van der Waals surface area contributed by atoms with E-state index in [0.29, 0.717) is 5.56 Å². The van der Waals surface area contributed by atoms with Gasteiger partial charge in [0.25, 0.3) is 0 Å². The number of anilines is 1. The molecule has 0 heterocycles. The van der Waals surface area contributed by atoms with Gasteiger partial charge < -0.3 is 5.73 Å². The maximum absolute atomic E-state index is 13.0. The van der Waals surface area contributed by atoms with Crippen molar-refractivity contribution in [3.8, 4) is 0 Å². The van der Waals surface area contributed by atoms with Gasteiger partial charge in [-0.25, -0.2) is 0 Å². The predicted molar refractivity (Wildman–Crippen MR) is 66.9 cm³/mol. The van der Waals surface area contributed by atoms with Crippen LogP contribution in [0.2, 0.25) is 0 Å². The van der Waals surface area contributed by atoms with Crippen LogP contribution in [0, 0.1) is 15.9 Å². The van der Waals surface area contributed by atoms with Gasteiger partial charge in [0.15, 0.2) is 0 Å². The molecule has 0 amide bonds. The molecule has 6 heteroatoms. The molecule has 0 saturated heterocycles. The van der Waals surface area contributed by atoms with Gasteiger partial charge in [-0.05, 0) is 0 Å². The fourth-order valence-corrected chi connectivity index (χ4v) is 0.984. The Balaban J connectivity index is 0.000000770. The number of nitrogens with zero attached hydrogens (tertiary/aromatic N) is 2. The van der Waals surface area contributed by atoms with Crippen LogP contribution >= 0.6 is 0 Å². The Morgan fingerprint density at radius 2 is 2.06 bits per heavy atom. The molecular weight excluding hydrogens is 225 g/mol. The average Bonchev–Trinajstić information content (AvgIpc) is 2.23. The number of nitrogen functional groups attached to an aromatic ring is 1. The molecule has 2 N–H and O–H groups in total. The van der Waals surface area contributed by atoms with Gasteiger partial charge in [0, 0.05) is 36.6 Å². The van der Waals surface area contributed by atoms with Crippen molar-refractivity contribution in [2.75, 3.05) is 12.8 Å². The molecule has 0 aliphatic rings. The van der Waals surface area contributed by atoms with Gasteiger partial charge in [0.1, 0.15) is 0 Å². The highest BCUT2D eigenvalue weighted by atomic mass is 19.1. The Morgan fingerprint density at radius 3 is 2.47 bits per heavy atom. The molecule has 17 heavy (non-hydrogen) atoms. The van der Waals surface area contributed by atoms with Gasteiger partial charge in [0.05, 0.1) is 4.92 Å². The Labute approximate surface area is 99.3 Å². The molecule has 1 aromatic rings. The first-order valence-electron chi connectivity index (χ1n) is 5.13. The van der Waals surface area contributed by atoms with Crippen LogP contribution in [0.5, 0.6) is 0 Å². The molecule has 0 bridgehead atoms. The highest BCUT2D eigenvalue weighted by Gasteiger charge is 2.15. The number of nitrogens with two attached hydrogens (primary N) is 1. The Bertz CT molecular complexity index is 419. The van der Waals surface area contributed by atoms with E-state index in [1.54, 1.807) is 0 Å². The number of hydrogen-bond donors (Lipinski definition) is 1. The fraction of sp³-hybridized carbons (Fsp3) is 0.364. The maximum Gasteiger partial charge on any atom is 0.305 e.